The van der Waals surface area contributed by atoms with Crippen LogP contribution in [0.1, 0.15) is 11.6 Å². The van der Waals surface area contributed by atoms with Crippen molar-refractivity contribution in [3.05, 3.63) is 46.4 Å². The van der Waals surface area contributed by atoms with Crippen molar-refractivity contribution in [1.29, 1.82) is 0 Å². The van der Waals surface area contributed by atoms with Crippen molar-refractivity contribution in [1.82, 2.24) is 0 Å². The van der Waals surface area contributed by atoms with Gasteiger partial charge in [-0.1, -0.05) is 46.3 Å². The minimum absolute atomic E-state index is 0.178. The van der Waals surface area contributed by atoms with Gasteiger partial charge >= 0.3 is 5.97 Å². The van der Waals surface area contributed by atoms with Crippen molar-refractivity contribution in [2.75, 3.05) is 13.2 Å². The normalized spacial score (nSPS) is 12.5. The molecule has 5 heteroatoms. The van der Waals surface area contributed by atoms with Crippen molar-refractivity contribution in [2.24, 2.45) is 5.73 Å². The predicted octanol–water partition coefficient (Wildman–Crippen LogP) is 2.70. The molecular formula is C14H14BrNO3. The Bertz CT molecular complexity index is 600. The fourth-order valence-corrected chi connectivity index (χ4v) is 2.45. The number of hydrogen-bond donors (Lipinski definition) is 2. The number of carboxylic acids is 1. The SMILES string of the molecule is NC(COCC(=O)O)c1ccc(Br)c2ccccc12. The fourth-order valence-electron chi connectivity index (χ4n) is 1.97. The van der Waals surface area contributed by atoms with Crippen LogP contribution in [-0.4, -0.2) is 24.3 Å². The van der Waals surface area contributed by atoms with Crippen LogP contribution >= 0.6 is 15.9 Å². The molecule has 0 amide bonds. The van der Waals surface area contributed by atoms with Crippen molar-refractivity contribution in [2.45, 2.75) is 6.04 Å². The van der Waals surface area contributed by atoms with Crippen LogP contribution in [0.15, 0.2) is 40.9 Å². The Morgan fingerprint density at radius 1 is 1.26 bits per heavy atom. The van der Waals surface area contributed by atoms with Gasteiger partial charge < -0.3 is 15.6 Å². The van der Waals surface area contributed by atoms with Gasteiger partial charge in [-0.15, -0.1) is 0 Å². The molecule has 0 heterocycles. The van der Waals surface area contributed by atoms with Gasteiger partial charge in [0, 0.05) is 4.47 Å². The monoisotopic (exact) mass is 323 g/mol. The molecule has 0 aliphatic carbocycles. The first-order valence-corrected chi connectivity index (χ1v) is 6.61. The Morgan fingerprint density at radius 3 is 2.63 bits per heavy atom. The zero-order valence-corrected chi connectivity index (χ0v) is 11.8. The second kappa shape index (κ2) is 6.14. The highest BCUT2D eigenvalue weighted by atomic mass is 79.9. The van der Waals surface area contributed by atoms with Gasteiger partial charge in [-0.2, -0.15) is 0 Å². The third-order valence-electron chi connectivity index (χ3n) is 2.83. The molecule has 0 aliphatic rings. The summed E-state index contributed by atoms with van der Waals surface area (Å²) in [6, 6.07) is 11.4. The average Bonchev–Trinajstić information content (AvgIpc) is 2.39. The minimum Gasteiger partial charge on any atom is -0.480 e. The van der Waals surface area contributed by atoms with Crippen LogP contribution in [0.4, 0.5) is 0 Å². The molecule has 0 radical (unpaired) electrons. The largest absolute Gasteiger partial charge is 0.480 e. The van der Waals surface area contributed by atoms with Crippen molar-refractivity contribution in [3.63, 3.8) is 0 Å². The molecule has 0 bridgehead atoms. The lowest BCUT2D eigenvalue weighted by Crippen LogP contribution is -2.20. The molecule has 0 aromatic heterocycles. The van der Waals surface area contributed by atoms with Crippen LogP contribution in [0.3, 0.4) is 0 Å². The summed E-state index contributed by atoms with van der Waals surface area (Å²) in [4.78, 5) is 10.4. The van der Waals surface area contributed by atoms with Gasteiger partial charge in [0.15, 0.2) is 0 Å². The first-order valence-electron chi connectivity index (χ1n) is 5.82. The lowest BCUT2D eigenvalue weighted by atomic mass is 10.00. The Kier molecular flexibility index (Phi) is 4.52. The molecule has 4 nitrogen and oxygen atoms in total. The molecule has 0 fully saturated rings. The summed E-state index contributed by atoms with van der Waals surface area (Å²) < 4.78 is 6.06. The highest BCUT2D eigenvalue weighted by molar-refractivity contribution is 9.10. The van der Waals surface area contributed by atoms with E-state index in [1.165, 1.54) is 0 Å². The number of rotatable bonds is 5. The third-order valence-corrected chi connectivity index (χ3v) is 3.52. The van der Waals surface area contributed by atoms with Gasteiger partial charge in [-0.05, 0) is 22.4 Å². The Labute approximate surface area is 119 Å². The number of aliphatic carboxylic acids is 1. The number of carboxylic acid groups (broad SMARTS) is 1. The van der Waals surface area contributed by atoms with E-state index in [2.05, 4.69) is 15.9 Å². The first-order chi connectivity index (χ1) is 9.09. The van der Waals surface area contributed by atoms with E-state index in [1.54, 1.807) is 0 Å². The molecule has 2 aromatic carbocycles. The van der Waals surface area contributed by atoms with E-state index in [0.717, 1.165) is 20.8 Å². The first kappa shape index (κ1) is 14.0. The topological polar surface area (TPSA) is 72.5 Å². The zero-order chi connectivity index (χ0) is 13.8. The predicted molar refractivity (Wildman–Crippen MR) is 77.0 cm³/mol. The minimum atomic E-state index is -0.993. The second-order valence-corrected chi connectivity index (χ2v) is 5.05. The summed E-state index contributed by atoms with van der Waals surface area (Å²) in [5.74, 6) is -0.993. The number of ether oxygens (including phenoxy) is 1. The molecule has 0 saturated heterocycles. The van der Waals surface area contributed by atoms with Gasteiger partial charge in [0.25, 0.3) is 0 Å². The van der Waals surface area contributed by atoms with Crippen LogP contribution < -0.4 is 5.73 Å². The van der Waals surface area contributed by atoms with Crippen molar-refractivity contribution >= 4 is 32.7 Å². The van der Waals surface area contributed by atoms with E-state index in [9.17, 15) is 4.79 Å². The highest BCUT2D eigenvalue weighted by Gasteiger charge is 2.12. The molecule has 1 unspecified atom stereocenters. The van der Waals surface area contributed by atoms with Crippen LogP contribution in [0.2, 0.25) is 0 Å². The summed E-state index contributed by atoms with van der Waals surface area (Å²) in [6.07, 6.45) is 0. The highest BCUT2D eigenvalue weighted by Crippen LogP contribution is 2.29. The molecule has 1 atom stereocenters. The molecule has 100 valence electrons. The van der Waals surface area contributed by atoms with E-state index >= 15 is 0 Å². The lowest BCUT2D eigenvalue weighted by molar-refractivity contribution is -0.142. The Balaban J connectivity index is 2.24. The van der Waals surface area contributed by atoms with Gasteiger partial charge in [0.1, 0.15) is 6.61 Å². The molecule has 19 heavy (non-hydrogen) atoms. The molecular weight excluding hydrogens is 310 g/mol. The lowest BCUT2D eigenvalue weighted by Gasteiger charge is -2.15. The van der Waals surface area contributed by atoms with Crippen LogP contribution in [0.5, 0.6) is 0 Å². The van der Waals surface area contributed by atoms with Crippen LogP contribution in [-0.2, 0) is 9.53 Å². The van der Waals surface area contributed by atoms with E-state index in [-0.39, 0.29) is 19.3 Å². The third kappa shape index (κ3) is 3.32. The van der Waals surface area contributed by atoms with Gasteiger partial charge in [-0.25, -0.2) is 4.79 Å². The summed E-state index contributed by atoms with van der Waals surface area (Å²) in [5.41, 5.74) is 7.01. The maximum absolute atomic E-state index is 10.4. The Morgan fingerprint density at radius 2 is 1.95 bits per heavy atom. The van der Waals surface area contributed by atoms with Gasteiger partial charge in [-0.3, -0.25) is 0 Å². The molecule has 2 aromatic rings. The molecule has 3 N–H and O–H groups in total. The van der Waals surface area contributed by atoms with E-state index in [0.29, 0.717) is 0 Å². The molecule has 0 saturated carbocycles. The quantitative estimate of drug-likeness (QED) is 0.887. The number of hydrogen-bond acceptors (Lipinski definition) is 3. The summed E-state index contributed by atoms with van der Waals surface area (Å²) in [5, 5.41) is 10.7. The molecule has 0 spiro atoms. The number of carbonyl (C=O) groups is 1. The standard InChI is InChI=1S/C14H14BrNO3/c15-12-6-5-11(9-3-1-2-4-10(9)12)13(16)7-19-8-14(17)18/h1-6,13H,7-8,16H2,(H,17,18). The van der Waals surface area contributed by atoms with Gasteiger partial charge in [0.05, 0.1) is 12.6 Å². The van der Waals surface area contributed by atoms with E-state index < -0.39 is 5.97 Å². The average molecular weight is 324 g/mol. The zero-order valence-electron chi connectivity index (χ0n) is 10.2. The number of nitrogens with two attached hydrogens (primary N) is 1. The molecule has 0 aliphatic heterocycles. The number of benzene rings is 2. The van der Waals surface area contributed by atoms with Crippen molar-refractivity contribution < 1.29 is 14.6 Å². The fraction of sp³-hybridized carbons (Fsp3) is 0.214. The maximum Gasteiger partial charge on any atom is 0.329 e. The maximum atomic E-state index is 10.4. The second-order valence-electron chi connectivity index (χ2n) is 4.20. The number of halogens is 1. The van der Waals surface area contributed by atoms with E-state index in [4.69, 9.17) is 15.6 Å². The summed E-state index contributed by atoms with van der Waals surface area (Å²) in [6.45, 7) is -0.153. The van der Waals surface area contributed by atoms with Crippen LogP contribution in [0, 0.1) is 0 Å². The molecule has 2 rings (SSSR count). The summed E-state index contributed by atoms with van der Waals surface area (Å²) >= 11 is 3.50. The van der Waals surface area contributed by atoms with Crippen molar-refractivity contribution in [3.8, 4) is 0 Å². The Hall–Kier alpha value is -1.43. The summed E-state index contributed by atoms with van der Waals surface area (Å²) in [7, 11) is 0. The smallest absolute Gasteiger partial charge is 0.329 e. The van der Waals surface area contributed by atoms with Crippen LogP contribution in [0.25, 0.3) is 10.8 Å². The van der Waals surface area contributed by atoms with E-state index in [1.807, 2.05) is 36.4 Å². The number of fused-ring (bicyclic) bond motifs is 1. The van der Waals surface area contributed by atoms with Gasteiger partial charge in [0.2, 0.25) is 0 Å².